The summed E-state index contributed by atoms with van der Waals surface area (Å²) in [5, 5.41) is 42.4. The number of rotatable bonds is 8. The van der Waals surface area contributed by atoms with Crippen LogP contribution >= 0.6 is 0 Å². The van der Waals surface area contributed by atoms with E-state index in [0.717, 1.165) is 0 Å². The lowest BCUT2D eigenvalue weighted by molar-refractivity contribution is -0.386. The van der Waals surface area contributed by atoms with E-state index in [0.29, 0.717) is 23.3 Å². The van der Waals surface area contributed by atoms with Gasteiger partial charge in [0.1, 0.15) is 0 Å². The van der Waals surface area contributed by atoms with Crippen molar-refractivity contribution in [3.8, 4) is 0 Å². The van der Waals surface area contributed by atoms with Gasteiger partial charge >= 0.3 is 0 Å². The van der Waals surface area contributed by atoms with Crippen LogP contribution in [0, 0.1) is 16.0 Å². The molecule has 0 amide bonds. The first-order chi connectivity index (χ1) is 11.6. The molecule has 0 aromatic heterocycles. The number of nitro groups is 1. The second-order valence-electron chi connectivity index (χ2n) is 5.31. The first kappa shape index (κ1) is 18.1. The molecule has 0 aliphatic heterocycles. The first-order valence-electron chi connectivity index (χ1n) is 7.46. The van der Waals surface area contributed by atoms with E-state index in [1.54, 1.807) is 24.3 Å². The Morgan fingerprint density at radius 1 is 1.38 bits per heavy atom. The van der Waals surface area contributed by atoms with Crippen LogP contribution < -0.4 is 5.32 Å². The summed E-state index contributed by atoms with van der Waals surface area (Å²) in [6, 6.07) is 6.10. The molecule has 4 N–H and O–H groups in total. The molecule has 2 atom stereocenters. The van der Waals surface area contributed by atoms with Crippen LogP contribution in [-0.4, -0.2) is 39.9 Å². The summed E-state index contributed by atoms with van der Waals surface area (Å²) in [6.45, 7) is -0.550. The van der Waals surface area contributed by atoms with Gasteiger partial charge in [0.15, 0.2) is 0 Å². The highest BCUT2D eigenvalue weighted by molar-refractivity contribution is 5.39. The number of hydrogen-bond acceptors (Lipinski definition) is 7. The van der Waals surface area contributed by atoms with Gasteiger partial charge in [0.2, 0.25) is 6.41 Å². The van der Waals surface area contributed by atoms with E-state index >= 15 is 0 Å². The fourth-order valence-electron chi connectivity index (χ4n) is 2.51. The molecule has 8 heteroatoms. The summed E-state index contributed by atoms with van der Waals surface area (Å²) in [4.78, 5) is 10.4. The Kier molecular flexibility index (Phi) is 6.44. The second kappa shape index (κ2) is 8.55. The van der Waals surface area contributed by atoms with Gasteiger partial charge in [-0.05, 0) is 18.1 Å². The molecule has 0 saturated heterocycles. The molecule has 130 valence electrons. The average molecular weight is 336 g/mol. The minimum absolute atomic E-state index is 0.0891. The van der Waals surface area contributed by atoms with E-state index in [4.69, 9.17) is 4.74 Å². The normalized spacial score (nSPS) is 18.5. The Morgan fingerprint density at radius 2 is 2.12 bits per heavy atom. The quantitative estimate of drug-likeness (QED) is 0.314. The molecule has 0 saturated carbocycles. The van der Waals surface area contributed by atoms with Gasteiger partial charge in [-0.1, -0.05) is 24.3 Å². The van der Waals surface area contributed by atoms with Crippen molar-refractivity contribution in [3.63, 3.8) is 0 Å². The van der Waals surface area contributed by atoms with Crippen molar-refractivity contribution in [2.75, 3.05) is 13.2 Å². The molecule has 2 rings (SSSR count). The third-order valence-electron chi connectivity index (χ3n) is 3.75. The zero-order valence-corrected chi connectivity index (χ0v) is 13.0. The number of aliphatic hydroxyl groups excluding tert-OH is 3. The van der Waals surface area contributed by atoms with Gasteiger partial charge in [-0.3, -0.25) is 10.1 Å². The van der Waals surface area contributed by atoms with Gasteiger partial charge < -0.3 is 25.4 Å². The van der Waals surface area contributed by atoms with Crippen LogP contribution in [0.25, 0.3) is 0 Å². The predicted molar refractivity (Wildman–Crippen MR) is 85.5 cm³/mol. The van der Waals surface area contributed by atoms with Crippen LogP contribution in [0.4, 0.5) is 5.69 Å². The number of hydrogen-bond donors (Lipinski definition) is 4. The van der Waals surface area contributed by atoms with Crippen LogP contribution in [0.15, 0.2) is 47.7 Å². The minimum Gasteiger partial charge on any atom is -0.396 e. The summed E-state index contributed by atoms with van der Waals surface area (Å²) in [7, 11) is 0. The molecule has 0 heterocycles. The minimum atomic E-state index is -1.43. The second-order valence-corrected chi connectivity index (χ2v) is 5.31. The average Bonchev–Trinajstić information content (AvgIpc) is 2.60. The lowest BCUT2D eigenvalue weighted by Gasteiger charge is -2.26. The van der Waals surface area contributed by atoms with Crippen LogP contribution in [0.2, 0.25) is 0 Å². The number of benzene rings is 1. The fraction of sp³-hybridized carbons (Fsp3) is 0.375. The van der Waals surface area contributed by atoms with Gasteiger partial charge in [-0.25, -0.2) is 0 Å². The summed E-state index contributed by atoms with van der Waals surface area (Å²) in [5.41, 5.74) is 1.29. The van der Waals surface area contributed by atoms with Crippen LogP contribution in [-0.2, 0) is 11.3 Å². The van der Waals surface area contributed by atoms with Gasteiger partial charge in [-0.15, -0.1) is 0 Å². The molecular weight excluding hydrogens is 316 g/mol. The molecule has 1 aliphatic carbocycles. The van der Waals surface area contributed by atoms with E-state index in [1.165, 1.54) is 6.07 Å². The van der Waals surface area contributed by atoms with Gasteiger partial charge in [0.05, 0.1) is 30.3 Å². The predicted octanol–water partition coefficient (Wildman–Crippen LogP) is 0.792. The van der Waals surface area contributed by atoms with Crippen molar-refractivity contribution < 1.29 is 25.0 Å². The number of nitro benzene ring substituents is 1. The Labute approximate surface area is 138 Å². The van der Waals surface area contributed by atoms with E-state index in [-0.39, 0.29) is 31.4 Å². The molecule has 2 unspecified atom stereocenters. The Morgan fingerprint density at radius 3 is 2.79 bits per heavy atom. The van der Waals surface area contributed by atoms with Crippen molar-refractivity contribution in [2.24, 2.45) is 5.92 Å². The summed E-state index contributed by atoms with van der Waals surface area (Å²) < 4.78 is 5.23. The Bertz CT molecular complexity index is 643. The standard InChI is InChI=1S/C16H20N2O6/c19-8-11-5-3-6-12(9-20)15(11)17-16(21)24-10-13-4-1-2-7-14(13)18(22)23/h1-5,7,12,16-17,19-21H,6,8-10H2. The van der Waals surface area contributed by atoms with E-state index in [2.05, 4.69) is 5.32 Å². The number of para-hydroxylation sites is 1. The molecule has 0 bridgehead atoms. The highest BCUT2D eigenvalue weighted by atomic mass is 16.6. The lowest BCUT2D eigenvalue weighted by Crippen LogP contribution is -2.36. The molecule has 1 aromatic carbocycles. The van der Waals surface area contributed by atoms with E-state index in [1.807, 2.05) is 6.08 Å². The monoisotopic (exact) mass is 336 g/mol. The Hall–Kier alpha value is -2.26. The molecular formula is C16H20N2O6. The number of nitrogens with one attached hydrogen (secondary N) is 1. The highest BCUT2D eigenvalue weighted by Crippen LogP contribution is 2.24. The zero-order chi connectivity index (χ0) is 17.5. The Balaban J connectivity index is 2.03. The van der Waals surface area contributed by atoms with Gasteiger partial charge in [0.25, 0.3) is 5.69 Å². The first-order valence-corrected chi connectivity index (χ1v) is 7.46. The van der Waals surface area contributed by atoms with Crippen molar-refractivity contribution >= 4 is 5.69 Å². The third kappa shape index (κ3) is 4.39. The molecule has 0 fully saturated rings. The van der Waals surface area contributed by atoms with Crippen molar-refractivity contribution in [1.82, 2.24) is 5.32 Å². The number of aliphatic hydroxyl groups is 3. The third-order valence-corrected chi connectivity index (χ3v) is 3.75. The molecule has 1 aromatic rings. The fourth-order valence-corrected chi connectivity index (χ4v) is 2.51. The molecule has 1 aliphatic rings. The number of ether oxygens (including phenoxy) is 1. The van der Waals surface area contributed by atoms with E-state index < -0.39 is 11.3 Å². The van der Waals surface area contributed by atoms with Crippen LogP contribution in [0.3, 0.4) is 0 Å². The number of nitrogens with zero attached hydrogens (tertiary/aromatic N) is 1. The smallest absolute Gasteiger partial charge is 0.274 e. The SMILES string of the molecule is O=[N+]([O-])c1ccccc1COC(O)NC1=C(CO)C=CCC1CO. The largest absolute Gasteiger partial charge is 0.396 e. The van der Waals surface area contributed by atoms with Crippen LogP contribution in [0.5, 0.6) is 0 Å². The zero-order valence-electron chi connectivity index (χ0n) is 13.0. The van der Waals surface area contributed by atoms with Crippen molar-refractivity contribution in [3.05, 3.63) is 63.4 Å². The lowest BCUT2D eigenvalue weighted by atomic mass is 9.93. The van der Waals surface area contributed by atoms with Crippen molar-refractivity contribution in [2.45, 2.75) is 19.4 Å². The van der Waals surface area contributed by atoms with Gasteiger partial charge in [-0.2, -0.15) is 0 Å². The maximum atomic E-state index is 10.9. The maximum Gasteiger partial charge on any atom is 0.274 e. The number of allylic oxidation sites excluding steroid dienone is 1. The van der Waals surface area contributed by atoms with Gasteiger partial charge in [0, 0.05) is 17.7 Å². The summed E-state index contributed by atoms with van der Waals surface area (Å²) in [5.74, 6) is -0.276. The summed E-state index contributed by atoms with van der Waals surface area (Å²) in [6.07, 6.45) is 2.68. The molecule has 0 spiro atoms. The van der Waals surface area contributed by atoms with Crippen molar-refractivity contribution in [1.29, 1.82) is 0 Å². The molecule has 0 radical (unpaired) electrons. The van der Waals surface area contributed by atoms with E-state index in [9.17, 15) is 25.4 Å². The maximum absolute atomic E-state index is 10.9. The summed E-state index contributed by atoms with van der Waals surface area (Å²) >= 11 is 0. The molecule has 24 heavy (non-hydrogen) atoms. The highest BCUT2D eigenvalue weighted by Gasteiger charge is 2.22. The molecule has 8 nitrogen and oxygen atoms in total. The van der Waals surface area contributed by atoms with Crippen LogP contribution in [0.1, 0.15) is 12.0 Å². The topological polar surface area (TPSA) is 125 Å².